The average Bonchev–Trinajstić information content (AvgIpc) is 3.39. The highest BCUT2D eigenvalue weighted by molar-refractivity contribution is 7.15. The Hall–Kier alpha value is -3.56. The molecule has 10 heteroatoms. The number of carboxylic acid groups (broad SMARTS) is 1. The first-order chi connectivity index (χ1) is 16.9. The summed E-state index contributed by atoms with van der Waals surface area (Å²) in [6.45, 7) is 6.36. The van der Waals surface area contributed by atoms with Gasteiger partial charge in [0.05, 0.1) is 51.8 Å². The van der Waals surface area contributed by atoms with Crippen LogP contribution in [0.5, 0.6) is 11.6 Å². The van der Waals surface area contributed by atoms with Crippen molar-refractivity contribution < 1.29 is 19.4 Å². The van der Waals surface area contributed by atoms with Crippen molar-refractivity contribution in [1.82, 2.24) is 14.8 Å². The van der Waals surface area contributed by atoms with Crippen molar-refractivity contribution in [3.8, 4) is 27.9 Å². The monoisotopic (exact) mass is 512 g/mol. The SMILES string of the molecule is CCOc1nc(-c2c(C)nn(-c3ccccc3Cl)c2Nc2ccc(OC)cc2C(=O)O)sc1CC. The number of anilines is 2. The lowest BCUT2D eigenvalue weighted by Crippen LogP contribution is -2.08. The third-order valence-electron chi connectivity index (χ3n) is 5.33. The fourth-order valence-electron chi connectivity index (χ4n) is 3.68. The van der Waals surface area contributed by atoms with Crippen LogP contribution in [0.15, 0.2) is 42.5 Å². The molecule has 4 rings (SSSR count). The Balaban J connectivity index is 1.95. The van der Waals surface area contributed by atoms with Crippen LogP contribution in [0.4, 0.5) is 11.5 Å². The van der Waals surface area contributed by atoms with Gasteiger partial charge in [-0.2, -0.15) is 5.10 Å². The lowest BCUT2D eigenvalue weighted by Gasteiger charge is -2.15. The quantitative estimate of drug-likeness (QED) is 0.269. The van der Waals surface area contributed by atoms with Crippen molar-refractivity contribution in [2.75, 3.05) is 19.0 Å². The van der Waals surface area contributed by atoms with Crippen LogP contribution in [0, 0.1) is 6.92 Å². The predicted molar refractivity (Wildman–Crippen MR) is 138 cm³/mol. The number of ether oxygens (including phenoxy) is 2. The van der Waals surface area contributed by atoms with Gasteiger partial charge in [0.2, 0.25) is 5.88 Å². The first kappa shape index (κ1) is 24.6. The third kappa shape index (κ3) is 4.82. The highest BCUT2D eigenvalue weighted by Crippen LogP contribution is 2.41. The molecule has 182 valence electrons. The second kappa shape index (κ2) is 10.4. The number of methoxy groups -OCH3 is 1. The summed E-state index contributed by atoms with van der Waals surface area (Å²) >= 11 is 8.05. The summed E-state index contributed by atoms with van der Waals surface area (Å²) in [4.78, 5) is 17.8. The van der Waals surface area contributed by atoms with Crippen LogP contribution in [0.3, 0.4) is 0 Å². The van der Waals surface area contributed by atoms with Gasteiger partial charge in [0, 0.05) is 0 Å². The standard InChI is InChI=1S/C25H25ClN4O4S/c1-5-20-23(34-6-2)28-24(35-20)21-14(3)29-30(19-10-8-7-9-17(19)26)22(21)27-18-12-11-15(33-4)13-16(18)25(31)32/h7-13,27H,5-6H2,1-4H3,(H,31,32). The summed E-state index contributed by atoms with van der Waals surface area (Å²) in [7, 11) is 1.49. The first-order valence-corrected chi connectivity index (χ1v) is 12.2. The molecule has 0 amide bonds. The molecule has 0 saturated carbocycles. The van der Waals surface area contributed by atoms with E-state index in [2.05, 4.69) is 12.2 Å². The van der Waals surface area contributed by atoms with E-state index in [0.29, 0.717) is 51.2 Å². The molecule has 8 nitrogen and oxygen atoms in total. The van der Waals surface area contributed by atoms with Gasteiger partial charge < -0.3 is 19.9 Å². The Bertz CT molecular complexity index is 1380. The highest BCUT2D eigenvalue weighted by atomic mass is 35.5. The second-order valence-corrected chi connectivity index (χ2v) is 9.04. The van der Waals surface area contributed by atoms with Gasteiger partial charge in [0.25, 0.3) is 0 Å². The number of nitrogens with zero attached hydrogens (tertiary/aromatic N) is 3. The van der Waals surface area contributed by atoms with E-state index in [4.69, 9.17) is 31.2 Å². The van der Waals surface area contributed by atoms with E-state index >= 15 is 0 Å². The number of aryl methyl sites for hydroxylation is 2. The van der Waals surface area contributed by atoms with E-state index in [1.807, 2.05) is 32.0 Å². The summed E-state index contributed by atoms with van der Waals surface area (Å²) in [5.41, 5.74) is 2.53. The second-order valence-electron chi connectivity index (χ2n) is 7.55. The molecule has 2 aromatic heterocycles. The Labute approximate surface area is 212 Å². The number of benzene rings is 2. The van der Waals surface area contributed by atoms with Crippen molar-refractivity contribution in [3.63, 3.8) is 0 Å². The Morgan fingerprint density at radius 3 is 2.66 bits per heavy atom. The molecule has 0 aliphatic carbocycles. The van der Waals surface area contributed by atoms with Crippen LogP contribution in [-0.2, 0) is 6.42 Å². The molecule has 0 aliphatic rings. The van der Waals surface area contributed by atoms with E-state index in [1.54, 1.807) is 22.9 Å². The molecule has 0 fully saturated rings. The molecule has 0 spiro atoms. The number of carbonyl (C=O) groups is 1. The molecular formula is C25H25ClN4O4S. The number of halogens is 1. The van der Waals surface area contributed by atoms with Crippen molar-refractivity contribution in [2.45, 2.75) is 27.2 Å². The number of aromatic nitrogens is 3. The van der Waals surface area contributed by atoms with Crippen molar-refractivity contribution >= 4 is 40.4 Å². The zero-order valence-electron chi connectivity index (χ0n) is 19.8. The summed E-state index contributed by atoms with van der Waals surface area (Å²) in [5.74, 6) is 0.497. The van der Waals surface area contributed by atoms with Gasteiger partial charge in [-0.25, -0.2) is 14.5 Å². The summed E-state index contributed by atoms with van der Waals surface area (Å²) < 4.78 is 12.6. The van der Waals surface area contributed by atoms with Crippen molar-refractivity contribution in [3.05, 3.63) is 63.6 Å². The van der Waals surface area contributed by atoms with Crippen molar-refractivity contribution in [2.24, 2.45) is 0 Å². The van der Waals surface area contributed by atoms with Gasteiger partial charge in [0.15, 0.2) is 0 Å². The Kier molecular flexibility index (Phi) is 7.28. The maximum absolute atomic E-state index is 12.0. The van der Waals surface area contributed by atoms with E-state index < -0.39 is 5.97 Å². The fraction of sp³-hybridized carbons (Fsp3) is 0.240. The van der Waals surface area contributed by atoms with E-state index in [1.165, 1.54) is 24.5 Å². The van der Waals surface area contributed by atoms with Crippen LogP contribution in [-0.4, -0.2) is 39.6 Å². The van der Waals surface area contributed by atoms with Gasteiger partial charge in [-0.15, -0.1) is 11.3 Å². The topological polar surface area (TPSA) is 98.5 Å². The number of hydrogen-bond donors (Lipinski definition) is 2. The summed E-state index contributed by atoms with van der Waals surface area (Å²) in [6, 6.07) is 12.2. The molecule has 4 aromatic rings. The van der Waals surface area contributed by atoms with Gasteiger partial charge in [-0.1, -0.05) is 30.7 Å². The molecule has 0 aliphatic heterocycles. The normalized spacial score (nSPS) is 10.9. The molecule has 2 heterocycles. The van der Waals surface area contributed by atoms with Crippen LogP contribution in [0.25, 0.3) is 16.3 Å². The number of aromatic carboxylic acids is 1. The minimum atomic E-state index is -1.09. The third-order valence-corrected chi connectivity index (χ3v) is 6.85. The fourth-order valence-corrected chi connectivity index (χ4v) is 4.94. The Morgan fingerprint density at radius 1 is 1.23 bits per heavy atom. The molecule has 0 radical (unpaired) electrons. The van der Waals surface area contributed by atoms with E-state index in [-0.39, 0.29) is 5.56 Å². The first-order valence-electron chi connectivity index (χ1n) is 11.0. The number of thiazole rings is 1. The largest absolute Gasteiger partial charge is 0.497 e. The number of carboxylic acids is 1. The molecule has 2 aromatic carbocycles. The average molecular weight is 513 g/mol. The molecule has 0 atom stereocenters. The van der Waals surface area contributed by atoms with Gasteiger partial charge in [-0.3, -0.25) is 0 Å². The maximum Gasteiger partial charge on any atom is 0.337 e. The number of hydrogen-bond acceptors (Lipinski definition) is 7. The summed E-state index contributed by atoms with van der Waals surface area (Å²) in [6.07, 6.45) is 0.773. The van der Waals surface area contributed by atoms with Crippen LogP contribution in [0.1, 0.15) is 34.8 Å². The lowest BCUT2D eigenvalue weighted by molar-refractivity contribution is 0.0697. The Morgan fingerprint density at radius 2 is 2.00 bits per heavy atom. The maximum atomic E-state index is 12.0. The molecule has 2 N–H and O–H groups in total. The number of para-hydroxylation sites is 1. The lowest BCUT2D eigenvalue weighted by atomic mass is 10.1. The van der Waals surface area contributed by atoms with E-state index in [0.717, 1.165) is 16.9 Å². The van der Waals surface area contributed by atoms with Gasteiger partial charge in [-0.05, 0) is 50.6 Å². The van der Waals surface area contributed by atoms with E-state index in [9.17, 15) is 9.90 Å². The highest BCUT2D eigenvalue weighted by Gasteiger charge is 2.25. The molecule has 0 saturated heterocycles. The number of rotatable bonds is 9. The zero-order chi connectivity index (χ0) is 25.1. The zero-order valence-corrected chi connectivity index (χ0v) is 21.3. The van der Waals surface area contributed by atoms with Gasteiger partial charge >= 0.3 is 5.97 Å². The minimum absolute atomic E-state index is 0.0586. The van der Waals surface area contributed by atoms with Crippen LogP contribution < -0.4 is 14.8 Å². The van der Waals surface area contributed by atoms with Crippen LogP contribution in [0.2, 0.25) is 5.02 Å². The predicted octanol–water partition coefficient (Wildman–Crippen LogP) is 6.37. The number of nitrogens with one attached hydrogen (secondary N) is 1. The van der Waals surface area contributed by atoms with Crippen molar-refractivity contribution in [1.29, 1.82) is 0 Å². The van der Waals surface area contributed by atoms with Gasteiger partial charge in [0.1, 0.15) is 16.6 Å². The molecule has 0 unspecified atom stereocenters. The molecule has 35 heavy (non-hydrogen) atoms. The minimum Gasteiger partial charge on any atom is -0.497 e. The summed E-state index contributed by atoms with van der Waals surface area (Å²) in [5, 5.41) is 19.1. The smallest absolute Gasteiger partial charge is 0.337 e. The molecule has 0 bridgehead atoms. The van der Waals surface area contributed by atoms with Crippen LogP contribution >= 0.6 is 22.9 Å². The molecular weight excluding hydrogens is 488 g/mol.